The standard InChI is InChI=1S/C20H15N3O3/c24-19(15-13-21-17-10-4-5-11-23(17)20(15)25)22-18(16-9-6-12-26-16)14-7-2-1-3-8-14/h1-13,18H,(H,22,24). The van der Waals surface area contributed by atoms with Crippen molar-refractivity contribution in [3.05, 3.63) is 107 Å². The van der Waals surface area contributed by atoms with Gasteiger partial charge in [0.15, 0.2) is 0 Å². The first kappa shape index (κ1) is 15.8. The Morgan fingerprint density at radius 2 is 1.85 bits per heavy atom. The maximum atomic E-state index is 12.8. The highest BCUT2D eigenvalue weighted by Crippen LogP contribution is 2.22. The Hall–Kier alpha value is -3.67. The summed E-state index contributed by atoms with van der Waals surface area (Å²) in [7, 11) is 0. The van der Waals surface area contributed by atoms with E-state index in [4.69, 9.17) is 4.42 Å². The van der Waals surface area contributed by atoms with Crippen molar-refractivity contribution in [3.63, 3.8) is 0 Å². The molecule has 4 aromatic rings. The zero-order valence-electron chi connectivity index (χ0n) is 13.7. The fraction of sp³-hybridized carbons (Fsp3) is 0.0500. The molecule has 6 nitrogen and oxygen atoms in total. The Labute approximate surface area is 148 Å². The fourth-order valence-electron chi connectivity index (χ4n) is 2.81. The van der Waals surface area contributed by atoms with Crippen molar-refractivity contribution >= 4 is 11.6 Å². The van der Waals surface area contributed by atoms with E-state index in [1.165, 1.54) is 10.6 Å². The van der Waals surface area contributed by atoms with Crippen LogP contribution in [-0.4, -0.2) is 15.3 Å². The van der Waals surface area contributed by atoms with Gasteiger partial charge >= 0.3 is 0 Å². The average Bonchev–Trinajstić information content (AvgIpc) is 3.21. The molecule has 1 N–H and O–H groups in total. The third-order valence-corrected chi connectivity index (χ3v) is 4.09. The molecule has 0 fully saturated rings. The van der Waals surface area contributed by atoms with E-state index >= 15 is 0 Å². The van der Waals surface area contributed by atoms with Crippen LogP contribution in [0.4, 0.5) is 0 Å². The zero-order valence-corrected chi connectivity index (χ0v) is 13.7. The summed E-state index contributed by atoms with van der Waals surface area (Å²) in [6.45, 7) is 0. The Bertz CT molecular complexity index is 1100. The molecule has 4 rings (SSSR count). The van der Waals surface area contributed by atoms with Crippen LogP contribution in [0.5, 0.6) is 0 Å². The SMILES string of the molecule is O=C(NC(c1ccccc1)c1ccco1)c1cnc2ccccn2c1=O. The van der Waals surface area contributed by atoms with Gasteiger partial charge in [-0.1, -0.05) is 36.4 Å². The first-order valence-electron chi connectivity index (χ1n) is 8.09. The quantitative estimate of drug-likeness (QED) is 0.617. The van der Waals surface area contributed by atoms with Crippen LogP contribution in [0, 0.1) is 0 Å². The monoisotopic (exact) mass is 345 g/mol. The maximum absolute atomic E-state index is 12.8. The number of rotatable bonds is 4. The van der Waals surface area contributed by atoms with Crippen LogP contribution in [0.25, 0.3) is 5.65 Å². The molecule has 1 atom stereocenters. The van der Waals surface area contributed by atoms with E-state index in [0.717, 1.165) is 5.56 Å². The highest BCUT2D eigenvalue weighted by Gasteiger charge is 2.22. The second kappa shape index (κ2) is 6.68. The van der Waals surface area contributed by atoms with Gasteiger partial charge in [-0.3, -0.25) is 14.0 Å². The van der Waals surface area contributed by atoms with E-state index in [2.05, 4.69) is 10.3 Å². The molecule has 0 aliphatic rings. The largest absolute Gasteiger partial charge is 0.467 e. The Morgan fingerprint density at radius 1 is 1.04 bits per heavy atom. The summed E-state index contributed by atoms with van der Waals surface area (Å²) in [5.41, 5.74) is 0.893. The summed E-state index contributed by atoms with van der Waals surface area (Å²) < 4.78 is 6.82. The number of aromatic nitrogens is 2. The lowest BCUT2D eigenvalue weighted by Gasteiger charge is -2.17. The van der Waals surface area contributed by atoms with Crippen molar-refractivity contribution in [1.82, 2.24) is 14.7 Å². The van der Waals surface area contributed by atoms with E-state index in [-0.39, 0.29) is 5.56 Å². The molecule has 6 heteroatoms. The minimum absolute atomic E-state index is 0.0267. The minimum Gasteiger partial charge on any atom is -0.467 e. The van der Waals surface area contributed by atoms with E-state index < -0.39 is 17.5 Å². The van der Waals surface area contributed by atoms with Crippen LogP contribution >= 0.6 is 0 Å². The fourth-order valence-corrected chi connectivity index (χ4v) is 2.81. The van der Waals surface area contributed by atoms with Gasteiger partial charge in [0.1, 0.15) is 23.0 Å². The minimum atomic E-state index is -0.508. The Balaban J connectivity index is 1.72. The molecule has 0 bridgehead atoms. The molecule has 0 radical (unpaired) electrons. The zero-order chi connectivity index (χ0) is 17.9. The highest BCUT2D eigenvalue weighted by atomic mass is 16.3. The predicted octanol–water partition coefficient (Wildman–Crippen LogP) is 2.81. The average molecular weight is 345 g/mol. The molecule has 1 unspecified atom stereocenters. The third-order valence-electron chi connectivity index (χ3n) is 4.09. The van der Waals surface area contributed by atoms with Crippen LogP contribution in [0.3, 0.4) is 0 Å². The van der Waals surface area contributed by atoms with Crippen LogP contribution in [0.1, 0.15) is 27.7 Å². The molecule has 0 aliphatic carbocycles. The van der Waals surface area contributed by atoms with Crippen LogP contribution < -0.4 is 10.9 Å². The number of furan rings is 1. The van der Waals surface area contributed by atoms with E-state index in [1.807, 2.05) is 30.3 Å². The van der Waals surface area contributed by atoms with Gasteiger partial charge in [-0.2, -0.15) is 0 Å². The summed E-state index contributed by atoms with van der Waals surface area (Å²) >= 11 is 0. The predicted molar refractivity (Wildman–Crippen MR) is 95.9 cm³/mol. The smallest absolute Gasteiger partial charge is 0.270 e. The Morgan fingerprint density at radius 3 is 2.62 bits per heavy atom. The number of carbonyl (C=O) groups excluding carboxylic acids is 1. The number of hydrogen-bond donors (Lipinski definition) is 1. The number of benzene rings is 1. The third kappa shape index (κ3) is 2.88. The lowest BCUT2D eigenvalue weighted by molar-refractivity contribution is 0.0937. The number of nitrogens with one attached hydrogen (secondary N) is 1. The van der Waals surface area contributed by atoms with E-state index in [9.17, 15) is 9.59 Å². The van der Waals surface area contributed by atoms with Crippen LogP contribution in [0.15, 0.2) is 88.5 Å². The molecule has 3 aromatic heterocycles. The van der Waals surface area contributed by atoms with E-state index in [1.54, 1.807) is 42.8 Å². The molecule has 128 valence electrons. The van der Waals surface area contributed by atoms with Crippen molar-refractivity contribution in [2.75, 3.05) is 0 Å². The molecule has 1 amide bonds. The first-order valence-corrected chi connectivity index (χ1v) is 8.09. The van der Waals surface area contributed by atoms with Gasteiger partial charge in [0.25, 0.3) is 11.5 Å². The topological polar surface area (TPSA) is 76.6 Å². The number of nitrogens with zero attached hydrogens (tertiary/aromatic N) is 2. The van der Waals surface area contributed by atoms with Crippen LogP contribution in [-0.2, 0) is 0 Å². The van der Waals surface area contributed by atoms with Crippen molar-refractivity contribution in [3.8, 4) is 0 Å². The number of fused-ring (bicyclic) bond motifs is 1. The number of hydrogen-bond acceptors (Lipinski definition) is 4. The summed E-state index contributed by atoms with van der Waals surface area (Å²) in [5, 5.41) is 2.87. The summed E-state index contributed by atoms with van der Waals surface area (Å²) in [6, 6.07) is 17.7. The molecule has 0 saturated heterocycles. The normalized spacial score (nSPS) is 12.0. The second-order valence-corrected chi connectivity index (χ2v) is 5.74. The first-order chi connectivity index (χ1) is 12.7. The molecule has 3 heterocycles. The van der Waals surface area contributed by atoms with E-state index in [0.29, 0.717) is 11.4 Å². The summed E-state index contributed by atoms with van der Waals surface area (Å²) in [5.74, 6) is 0.0735. The Kier molecular flexibility index (Phi) is 4.07. The number of carbonyl (C=O) groups is 1. The van der Waals surface area contributed by atoms with Gasteiger partial charge in [-0.25, -0.2) is 4.98 Å². The molecule has 0 spiro atoms. The van der Waals surface area contributed by atoms with Crippen molar-refractivity contribution < 1.29 is 9.21 Å². The van der Waals surface area contributed by atoms with Gasteiger partial charge in [0.2, 0.25) is 0 Å². The number of amides is 1. The maximum Gasteiger partial charge on any atom is 0.270 e. The number of pyridine rings is 1. The highest BCUT2D eigenvalue weighted by molar-refractivity contribution is 5.94. The van der Waals surface area contributed by atoms with Crippen molar-refractivity contribution in [2.45, 2.75) is 6.04 Å². The molecule has 0 aliphatic heterocycles. The lowest BCUT2D eigenvalue weighted by Crippen LogP contribution is -2.34. The lowest BCUT2D eigenvalue weighted by atomic mass is 10.0. The molecule has 26 heavy (non-hydrogen) atoms. The second-order valence-electron chi connectivity index (χ2n) is 5.74. The van der Waals surface area contributed by atoms with Gasteiger partial charge < -0.3 is 9.73 Å². The van der Waals surface area contributed by atoms with Crippen LogP contribution in [0.2, 0.25) is 0 Å². The van der Waals surface area contributed by atoms with Gasteiger partial charge in [0, 0.05) is 12.4 Å². The van der Waals surface area contributed by atoms with Gasteiger partial charge in [-0.15, -0.1) is 0 Å². The summed E-state index contributed by atoms with van der Waals surface area (Å²) in [6.07, 6.45) is 4.43. The van der Waals surface area contributed by atoms with Crippen molar-refractivity contribution in [2.24, 2.45) is 0 Å². The van der Waals surface area contributed by atoms with Gasteiger partial charge in [-0.05, 0) is 29.8 Å². The van der Waals surface area contributed by atoms with Gasteiger partial charge in [0.05, 0.1) is 6.26 Å². The molecular formula is C20H15N3O3. The summed E-state index contributed by atoms with van der Waals surface area (Å²) in [4.78, 5) is 29.6. The molecular weight excluding hydrogens is 330 g/mol. The van der Waals surface area contributed by atoms with Crippen molar-refractivity contribution in [1.29, 1.82) is 0 Å². The molecule has 0 saturated carbocycles. The molecule has 1 aromatic carbocycles.